The van der Waals surface area contributed by atoms with Gasteiger partial charge < -0.3 is 14.8 Å². The van der Waals surface area contributed by atoms with Gasteiger partial charge in [0.1, 0.15) is 0 Å². The van der Waals surface area contributed by atoms with E-state index in [0.29, 0.717) is 12.7 Å². The maximum Gasteiger partial charge on any atom is 0.241 e. The molecular weight excluding hydrogens is 378 g/mol. The second-order valence-corrected chi connectivity index (χ2v) is 8.44. The molecule has 6 heteroatoms. The molecule has 0 aliphatic carbocycles. The van der Waals surface area contributed by atoms with Crippen LogP contribution >= 0.6 is 0 Å². The van der Waals surface area contributed by atoms with Gasteiger partial charge in [0.25, 0.3) is 0 Å². The van der Waals surface area contributed by atoms with E-state index in [-0.39, 0.29) is 11.9 Å². The average molecular weight is 410 g/mol. The molecule has 30 heavy (non-hydrogen) atoms. The fraction of sp³-hybridized carbons (Fsp3) is 0.458. The molecule has 6 nitrogen and oxygen atoms in total. The molecule has 0 saturated carbocycles. The summed E-state index contributed by atoms with van der Waals surface area (Å²) in [6.07, 6.45) is 0. The molecule has 160 valence electrons. The molecule has 1 fully saturated rings. The monoisotopic (exact) mass is 409 g/mol. The third kappa shape index (κ3) is 4.77. The van der Waals surface area contributed by atoms with Gasteiger partial charge in [0.15, 0.2) is 11.5 Å². The average Bonchev–Trinajstić information content (AvgIpc) is 3.22. The van der Waals surface area contributed by atoms with Gasteiger partial charge in [-0.2, -0.15) is 0 Å². The lowest BCUT2D eigenvalue weighted by atomic mass is 10.0. The molecule has 0 spiro atoms. The smallest absolute Gasteiger partial charge is 0.241 e. The first-order valence-electron chi connectivity index (χ1n) is 10.8. The predicted octanol–water partition coefficient (Wildman–Crippen LogP) is 3.68. The highest BCUT2D eigenvalue weighted by Gasteiger charge is 2.26. The van der Waals surface area contributed by atoms with Crippen LogP contribution in [0.5, 0.6) is 11.5 Å². The summed E-state index contributed by atoms with van der Waals surface area (Å²) in [4.78, 5) is 17.4. The largest absolute Gasteiger partial charge is 0.454 e. The van der Waals surface area contributed by atoms with Crippen LogP contribution in [0.15, 0.2) is 42.5 Å². The fourth-order valence-electron chi connectivity index (χ4n) is 3.97. The molecule has 1 amide bonds. The molecule has 2 aromatic rings. The van der Waals surface area contributed by atoms with Gasteiger partial charge in [0.2, 0.25) is 12.7 Å². The number of ether oxygens (including phenoxy) is 2. The minimum Gasteiger partial charge on any atom is -0.454 e. The van der Waals surface area contributed by atoms with E-state index >= 15 is 0 Å². The topological polar surface area (TPSA) is 54.0 Å². The van der Waals surface area contributed by atoms with Crippen LogP contribution in [-0.4, -0.2) is 54.7 Å². The number of nitrogens with zero attached hydrogens (tertiary/aromatic N) is 2. The third-order valence-corrected chi connectivity index (χ3v) is 6.02. The summed E-state index contributed by atoms with van der Waals surface area (Å²) in [5, 5.41) is 3.06. The second-order valence-electron chi connectivity index (χ2n) is 8.44. The van der Waals surface area contributed by atoms with Crippen LogP contribution in [0.2, 0.25) is 0 Å². The van der Waals surface area contributed by atoms with Crippen molar-refractivity contribution in [3.63, 3.8) is 0 Å². The molecule has 0 radical (unpaired) electrons. The lowest BCUT2D eigenvalue weighted by Gasteiger charge is -2.37. The first kappa shape index (κ1) is 20.7. The number of anilines is 1. The summed E-state index contributed by atoms with van der Waals surface area (Å²) in [6, 6.07) is 14.1. The fourth-order valence-corrected chi connectivity index (χ4v) is 3.97. The van der Waals surface area contributed by atoms with Crippen molar-refractivity contribution in [3.8, 4) is 11.5 Å². The van der Waals surface area contributed by atoms with E-state index in [4.69, 9.17) is 9.47 Å². The number of piperazine rings is 1. The number of carbonyl (C=O) groups is 1. The van der Waals surface area contributed by atoms with E-state index in [1.165, 1.54) is 11.1 Å². The zero-order valence-corrected chi connectivity index (χ0v) is 18.1. The Morgan fingerprint density at radius 1 is 0.967 bits per heavy atom. The SMILES string of the molecule is CC(C)c1ccc(NC(=O)[C@H](C)N2CCN(Cc3ccc4c(c3)OCO4)CC2)cc1. The normalized spacial score (nSPS) is 17.9. The first-order valence-corrected chi connectivity index (χ1v) is 10.8. The van der Waals surface area contributed by atoms with Crippen molar-refractivity contribution in [1.29, 1.82) is 0 Å². The maximum absolute atomic E-state index is 12.7. The maximum atomic E-state index is 12.7. The number of fused-ring (bicyclic) bond motifs is 1. The number of rotatable bonds is 6. The molecule has 0 bridgehead atoms. The van der Waals surface area contributed by atoms with Crippen molar-refractivity contribution < 1.29 is 14.3 Å². The van der Waals surface area contributed by atoms with Crippen LogP contribution in [0.25, 0.3) is 0 Å². The Morgan fingerprint density at radius 3 is 2.37 bits per heavy atom. The lowest BCUT2D eigenvalue weighted by molar-refractivity contribution is -0.121. The minimum atomic E-state index is -0.150. The highest BCUT2D eigenvalue weighted by atomic mass is 16.7. The zero-order chi connectivity index (χ0) is 21.1. The molecular formula is C24H31N3O3. The van der Waals surface area contributed by atoms with E-state index in [1.807, 2.05) is 25.1 Å². The summed E-state index contributed by atoms with van der Waals surface area (Å²) in [6.45, 7) is 11.2. The van der Waals surface area contributed by atoms with Crippen molar-refractivity contribution in [2.75, 3.05) is 38.3 Å². The molecule has 0 unspecified atom stereocenters. The van der Waals surface area contributed by atoms with Gasteiger partial charge >= 0.3 is 0 Å². The second kappa shape index (κ2) is 9.06. The summed E-state index contributed by atoms with van der Waals surface area (Å²) in [5.41, 5.74) is 3.36. The van der Waals surface area contributed by atoms with Gasteiger partial charge in [-0.25, -0.2) is 0 Å². The number of benzene rings is 2. The van der Waals surface area contributed by atoms with E-state index in [9.17, 15) is 4.79 Å². The standard InChI is InChI=1S/C24H31N3O3/c1-17(2)20-5-7-21(8-6-20)25-24(28)18(3)27-12-10-26(11-13-27)15-19-4-9-22-23(14-19)30-16-29-22/h4-9,14,17-18H,10-13,15-16H2,1-3H3,(H,25,28)/t18-/m0/s1. The molecule has 2 heterocycles. The Hall–Kier alpha value is -2.57. The van der Waals surface area contributed by atoms with E-state index < -0.39 is 0 Å². The number of amides is 1. The van der Waals surface area contributed by atoms with Crippen molar-refractivity contribution in [1.82, 2.24) is 9.80 Å². The van der Waals surface area contributed by atoms with Crippen LogP contribution < -0.4 is 14.8 Å². The van der Waals surface area contributed by atoms with Crippen molar-refractivity contribution >= 4 is 11.6 Å². The van der Waals surface area contributed by atoms with Gasteiger partial charge in [-0.1, -0.05) is 32.0 Å². The number of carbonyl (C=O) groups excluding carboxylic acids is 1. The van der Waals surface area contributed by atoms with Crippen LogP contribution in [0.3, 0.4) is 0 Å². The Kier molecular flexibility index (Phi) is 6.25. The molecule has 2 aromatic carbocycles. The highest BCUT2D eigenvalue weighted by molar-refractivity contribution is 5.94. The summed E-state index contributed by atoms with van der Waals surface area (Å²) < 4.78 is 10.9. The molecule has 1 saturated heterocycles. The summed E-state index contributed by atoms with van der Waals surface area (Å²) >= 11 is 0. The summed E-state index contributed by atoms with van der Waals surface area (Å²) in [7, 11) is 0. The van der Waals surface area contributed by atoms with Crippen LogP contribution in [0, 0.1) is 0 Å². The Morgan fingerprint density at radius 2 is 1.67 bits per heavy atom. The van der Waals surface area contributed by atoms with Gasteiger partial charge in [-0.05, 0) is 48.2 Å². The van der Waals surface area contributed by atoms with E-state index in [2.05, 4.69) is 53.2 Å². The first-order chi connectivity index (χ1) is 14.5. The van der Waals surface area contributed by atoms with Gasteiger partial charge in [-0.3, -0.25) is 14.6 Å². The highest BCUT2D eigenvalue weighted by Crippen LogP contribution is 2.32. The van der Waals surface area contributed by atoms with Gasteiger partial charge in [0, 0.05) is 38.4 Å². The number of nitrogens with one attached hydrogen (secondary N) is 1. The molecule has 1 atom stereocenters. The molecule has 2 aliphatic rings. The van der Waals surface area contributed by atoms with Gasteiger partial charge in [-0.15, -0.1) is 0 Å². The Balaban J connectivity index is 1.26. The predicted molar refractivity (Wildman–Crippen MR) is 118 cm³/mol. The molecule has 4 rings (SSSR count). The van der Waals surface area contributed by atoms with E-state index in [0.717, 1.165) is 49.9 Å². The minimum absolute atomic E-state index is 0.0523. The van der Waals surface area contributed by atoms with Crippen molar-refractivity contribution in [2.24, 2.45) is 0 Å². The Labute approximate surface area is 178 Å². The van der Waals surface area contributed by atoms with Crippen LogP contribution in [-0.2, 0) is 11.3 Å². The zero-order valence-electron chi connectivity index (χ0n) is 18.1. The van der Waals surface area contributed by atoms with E-state index in [1.54, 1.807) is 0 Å². The third-order valence-electron chi connectivity index (χ3n) is 6.02. The number of hydrogen-bond acceptors (Lipinski definition) is 5. The quantitative estimate of drug-likeness (QED) is 0.789. The van der Waals surface area contributed by atoms with Crippen molar-refractivity contribution in [3.05, 3.63) is 53.6 Å². The molecule has 2 aliphatic heterocycles. The lowest BCUT2D eigenvalue weighted by Crippen LogP contribution is -2.52. The van der Waals surface area contributed by atoms with Gasteiger partial charge in [0.05, 0.1) is 6.04 Å². The Bertz CT molecular complexity index is 874. The number of hydrogen-bond donors (Lipinski definition) is 1. The van der Waals surface area contributed by atoms with Crippen LogP contribution in [0.1, 0.15) is 37.8 Å². The summed E-state index contributed by atoms with van der Waals surface area (Å²) in [5.74, 6) is 2.19. The molecule has 1 N–H and O–H groups in total. The van der Waals surface area contributed by atoms with Crippen molar-refractivity contribution in [2.45, 2.75) is 39.3 Å². The van der Waals surface area contributed by atoms with Crippen LogP contribution in [0.4, 0.5) is 5.69 Å². The molecule has 0 aromatic heterocycles.